The van der Waals surface area contributed by atoms with E-state index < -0.39 is 0 Å². The molecule has 0 aromatic carbocycles. The van der Waals surface area contributed by atoms with E-state index in [9.17, 15) is 4.79 Å². The van der Waals surface area contributed by atoms with Crippen molar-refractivity contribution in [2.75, 3.05) is 0 Å². The van der Waals surface area contributed by atoms with Crippen molar-refractivity contribution in [2.45, 2.75) is 38.8 Å². The summed E-state index contributed by atoms with van der Waals surface area (Å²) in [6, 6.07) is 6.37. The lowest BCUT2D eigenvalue weighted by atomic mass is 10.2. The van der Waals surface area contributed by atoms with E-state index in [1.54, 1.807) is 13.1 Å². The number of amides is 1. The van der Waals surface area contributed by atoms with E-state index >= 15 is 0 Å². The summed E-state index contributed by atoms with van der Waals surface area (Å²) in [5.41, 5.74) is 0.972. The molecule has 2 rings (SSSR count). The molecule has 1 aliphatic carbocycles. The van der Waals surface area contributed by atoms with Crippen molar-refractivity contribution in [1.29, 1.82) is 0 Å². The summed E-state index contributed by atoms with van der Waals surface area (Å²) in [6.07, 6.45) is 4.05. The van der Waals surface area contributed by atoms with Gasteiger partial charge in [0, 0.05) is 19.2 Å². The quantitative estimate of drug-likeness (QED) is 0.755. The fraction of sp³-hybridized carbons (Fsp3) is 0.500. The first kappa shape index (κ1) is 10.1. The van der Waals surface area contributed by atoms with E-state index in [1.807, 2.05) is 30.0 Å². The summed E-state index contributed by atoms with van der Waals surface area (Å²) < 4.78 is 0. The van der Waals surface area contributed by atoms with Crippen molar-refractivity contribution in [1.82, 2.24) is 9.88 Å². The maximum Gasteiger partial charge on any atom is 0.220 e. The van der Waals surface area contributed by atoms with E-state index in [1.165, 1.54) is 0 Å². The van der Waals surface area contributed by atoms with Crippen molar-refractivity contribution >= 4 is 5.91 Å². The van der Waals surface area contributed by atoms with Gasteiger partial charge in [-0.3, -0.25) is 9.78 Å². The van der Waals surface area contributed by atoms with Crippen LogP contribution in [0, 0.1) is 0 Å². The lowest BCUT2D eigenvalue weighted by Gasteiger charge is -2.27. The number of hydrogen-bond donors (Lipinski definition) is 0. The molecule has 1 heterocycles. The predicted octanol–water partition coefficient (Wildman–Crippen LogP) is 2.15. The topological polar surface area (TPSA) is 33.2 Å². The van der Waals surface area contributed by atoms with Crippen LogP contribution in [0.25, 0.3) is 0 Å². The fourth-order valence-electron chi connectivity index (χ4n) is 1.96. The van der Waals surface area contributed by atoms with Gasteiger partial charge in [-0.2, -0.15) is 0 Å². The number of nitrogens with zero attached hydrogens (tertiary/aromatic N) is 2. The van der Waals surface area contributed by atoms with Gasteiger partial charge in [0.15, 0.2) is 0 Å². The van der Waals surface area contributed by atoms with Gasteiger partial charge < -0.3 is 4.90 Å². The van der Waals surface area contributed by atoms with Crippen LogP contribution in [-0.4, -0.2) is 21.8 Å². The van der Waals surface area contributed by atoms with Crippen LogP contribution in [0.4, 0.5) is 0 Å². The van der Waals surface area contributed by atoms with E-state index in [4.69, 9.17) is 0 Å². The normalized spacial score (nSPS) is 17.2. The molecule has 1 atom stereocenters. The first-order valence-corrected chi connectivity index (χ1v) is 5.40. The summed E-state index contributed by atoms with van der Waals surface area (Å²) in [5, 5.41) is 0. The summed E-state index contributed by atoms with van der Waals surface area (Å²) in [6.45, 7) is 3.68. The smallest absolute Gasteiger partial charge is 0.220 e. The second-order valence-corrected chi connectivity index (χ2v) is 4.09. The summed E-state index contributed by atoms with van der Waals surface area (Å²) >= 11 is 0. The number of carbonyl (C=O) groups excluding carboxylic acids is 1. The Morgan fingerprint density at radius 1 is 1.53 bits per heavy atom. The van der Waals surface area contributed by atoms with Gasteiger partial charge in [-0.15, -0.1) is 0 Å². The van der Waals surface area contributed by atoms with Crippen molar-refractivity contribution in [3.05, 3.63) is 30.1 Å². The van der Waals surface area contributed by atoms with Crippen molar-refractivity contribution < 1.29 is 4.79 Å². The van der Waals surface area contributed by atoms with E-state index in [2.05, 4.69) is 4.98 Å². The largest absolute Gasteiger partial charge is 0.332 e. The van der Waals surface area contributed by atoms with Crippen LogP contribution in [0.15, 0.2) is 24.4 Å². The molecule has 0 spiro atoms. The first-order chi connectivity index (χ1) is 7.20. The van der Waals surface area contributed by atoms with Crippen LogP contribution in [0.3, 0.4) is 0 Å². The third-order valence-corrected chi connectivity index (χ3v) is 2.84. The Kier molecular flexibility index (Phi) is 2.71. The van der Waals surface area contributed by atoms with Gasteiger partial charge in [0.1, 0.15) is 0 Å². The molecule has 0 aliphatic heterocycles. The third kappa shape index (κ3) is 2.17. The predicted molar refractivity (Wildman–Crippen MR) is 58.2 cm³/mol. The highest BCUT2D eigenvalue weighted by Gasteiger charge is 2.34. The van der Waals surface area contributed by atoms with Gasteiger partial charge in [0.05, 0.1) is 11.7 Å². The minimum absolute atomic E-state index is 0.0937. The van der Waals surface area contributed by atoms with Crippen LogP contribution >= 0.6 is 0 Å². The van der Waals surface area contributed by atoms with Crippen LogP contribution < -0.4 is 0 Å². The number of hydrogen-bond acceptors (Lipinski definition) is 2. The van der Waals surface area contributed by atoms with Gasteiger partial charge in [-0.05, 0) is 31.9 Å². The van der Waals surface area contributed by atoms with Gasteiger partial charge in [-0.1, -0.05) is 6.07 Å². The van der Waals surface area contributed by atoms with Gasteiger partial charge in [-0.25, -0.2) is 0 Å². The first-order valence-electron chi connectivity index (χ1n) is 5.40. The Bertz CT molecular complexity index is 346. The molecule has 15 heavy (non-hydrogen) atoms. The molecular weight excluding hydrogens is 188 g/mol. The highest BCUT2D eigenvalue weighted by molar-refractivity contribution is 5.74. The Morgan fingerprint density at radius 2 is 2.27 bits per heavy atom. The third-order valence-electron chi connectivity index (χ3n) is 2.84. The van der Waals surface area contributed by atoms with Crippen LogP contribution in [0.2, 0.25) is 0 Å². The van der Waals surface area contributed by atoms with Crippen LogP contribution in [0.5, 0.6) is 0 Å². The Hall–Kier alpha value is -1.38. The summed E-state index contributed by atoms with van der Waals surface area (Å²) in [5.74, 6) is 0.149. The van der Waals surface area contributed by atoms with Gasteiger partial charge >= 0.3 is 0 Å². The molecule has 1 aromatic heterocycles. The maximum absolute atomic E-state index is 11.5. The van der Waals surface area contributed by atoms with Crippen molar-refractivity contribution in [3.8, 4) is 0 Å². The SMILES string of the molecule is CC(=O)N(C1CC1)C(C)c1ccccn1. The molecule has 80 valence electrons. The number of carbonyl (C=O) groups is 1. The minimum Gasteiger partial charge on any atom is -0.332 e. The molecule has 0 N–H and O–H groups in total. The molecule has 0 saturated heterocycles. The monoisotopic (exact) mass is 204 g/mol. The van der Waals surface area contributed by atoms with Crippen molar-refractivity contribution in [2.24, 2.45) is 0 Å². The molecule has 0 bridgehead atoms. The Morgan fingerprint density at radius 3 is 2.73 bits per heavy atom. The number of rotatable bonds is 3. The van der Waals surface area contributed by atoms with Crippen LogP contribution in [-0.2, 0) is 4.79 Å². The maximum atomic E-state index is 11.5. The molecule has 1 unspecified atom stereocenters. The molecular formula is C12H16N2O. The number of aromatic nitrogens is 1. The zero-order valence-corrected chi connectivity index (χ0v) is 9.18. The summed E-state index contributed by atoms with van der Waals surface area (Å²) in [4.78, 5) is 17.8. The molecule has 3 nitrogen and oxygen atoms in total. The highest BCUT2D eigenvalue weighted by atomic mass is 16.2. The highest BCUT2D eigenvalue weighted by Crippen LogP contribution is 2.33. The van der Waals surface area contributed by atoms with Gasteiger partial charge in [0.2, 0.25) is 5.91 Å². The summed E-state index contributed by atoms with van der Waals surface area (Å²) in [7, 11) is 0. The van der Waals surface area contributed by atoms with E-state index in [0.29, 0.717) is 6.04 Å². The van der Waals surface area contributed by atoms with E-state index in [-0.39, 0.29) is 11.9 Å². The van der Waals surface area contributed by atoms with E-state index in [0.717, 1.165) is 18.5 Å². The molecule has 1 amide bonds. The molecule has 0 radical (unpaired) electrons. The van der Waals surface area contributed by atoms with Crippen molar-refractivity contribution in [3.63, 3.8) is 0 Å². The molecule has 1 aliphatic rings. The second-order valence-electron chi connectivity index (χ2n) is 4.09. The van der Waals surface area contributed by atoms with Gasteiger partial charge in [0.25, 0.3) is 0 Å². The molecule has 1 aromatic rings. The Balaban J connectivity index is 2.17. The lowest BCUT2D eigenvalue weighted by molar-refractivity contribution is -0.131. The lowest BCUT2D eigenvalue weighted by Crippen LogP contribution is -2.33. The zero-order chi connectivity index (χ0) is 10.8. The average Bonchev–Trinajstić information content (AvgIpc) is 3.03. The van der Waals surface area contributed by atoms with Crippen LogP contribution in [0.1, 0.15) is 38.4 Å². The minimum atomic E-state index is 0.0937. The Labute approximate surface area is 90.1 Å². The second kappa shape index (κ2) is 4.01. The molecule has 3 heteroatoms. The molecule has 1 fully saturated rings. The standard InChI is InChI=1S/C12H16N2O/c1-9(12-5-3-4-8-13-12)14(10(2)15)11-6-7-11/h3-5,8-9,11H,6-7H2,1-2H3. The fourth-order valence-corrected chi connectivity index (χ4v) is 1.96. The number of pyridine rings is 1. The zero-order valence-electron chi connectivity index (χ0n) is 9.18. The average molecular weight is 204 g/mol. The molecule has 1 saturated carbocycles.